The number of carbonyl (C=O) groups is 2. The van der Waals surface area contributed by atoms with Crippen molar-refractivity contribution in [3.63, 3.8) is 0 Å². The zero-order valence-corrected chi connectivity index (χ0v) is 11.5. The standard InChI is InChI=1S/C14H23NO4/c1-13(6-7-19-10-13)15-11(16)8-14(9-12(17)18)4-2-3-5-14/h2-10H2,1H3,(H,15,16)(H,17,18). The van der Waals surface area contributed by atoms with E-state index in [1.807, 2.05) is 6.92 Å². The summed E-state index contributed by atoms with van der Waals surface area (Å²) in [4.78, 5) is 23.2. The predicted molar refractivity (Wildman–Crippen MR) is 69.8 cm³/mol. The van der Waals surface area contributed by atoms with Crippen LogP contribution in [-0.4, -0.2) is 35.7 Å². The van der Waals surface area contributed by atoms with E-state index in [0.717, 1.165) is 32.1 Å². The second kappa shape index (κ2) is 5.49. The van der Waals surface area contributed by atoms with Crippen LogP contribution in [0.4, 0.5) is 0 Å². The molecule has 0 spiro atoms. The molecule has 0 radical (unpaired) electrons. The summed E-state index contributed by atoms with van der Waals surface area (Å²) >= 11 is 0. The number of aliphatic carboxylic acids is 1. The van der Waals surface area contributed by atoms with Crippen LogP contribution in [-0.2, 0) is 14.3 Å². The molecule has 1 aliphatic heterocycles. The normalized spacial score (nSPS) is 29.3. The number of carbonyl (C=O) groups excluding carboxylic acids is 1. The molecule has 108 valence electrons. The van der Waals surface area contributed by atoms with Gasteiger partial charge in [0.1, 0.15) is 0 Å². The zero-order valence-electron chi connectivity index (χ0n) is 11.5. The van der Waals surface area contributed by atoms with Crippen molar-refractivity contribution in [3.05, 3.63) is 0 Å². The van der Waals surface area contributed by atoms with E-state index in [-0.39, 0.29) is 23.3 Å². The van der Waals surface area contributed by atoms with Crippen LogP contribution in [0.2, 0.25) is 0 Å². The molecule has 1 atom stereocenters. The molecule has 1 saturated heterocycles. The summed E-state index contributed by atoms with van der Waals surface area (Å²) in [6.45, 7) is 3.21. The molecule has 5 heteroatoms. The molecule has 1 saturated carbocycles. The predicted octanol–water partition coefficient (Wildman–Crippen LogP) is 1.71. The van der Waals surface area contributed by atoms with Gasteiger partial charge in [0, 0.05) is 13.0 Å². The molecule has 2 N–H and O–H groups in total. The number of rotatable bonds is 5. The SMILES string of the molecule is CC1(NC(=O)CC2(CC(=O)O)CCCC2)CCOC1. The molecule has 5 nitrogen and oxygen atoms in total. The van der Waals surface area contributed by atoms with Crippen molar-refractivity contribution in [1.29, 1.82) is 0 Å². The van der Waals surface area contributed by atoms with Crippen LogP contribution in [0.15, 0.2) is 0 Å². The monoisotopic (exact) mass is 269 g/mol. The van der Waals surface area contributed by atoms with Crippen molar-refractivity contribution in [2.75, 3.05) is 13.2 Å². The van der Waals surface area contributed by atoms with Crippen LogP contribution < -0.4 is 5.32 Å². The van der Waals surface area contributed by atoms with Crippen molar-refractivity contribution >= 4 is 11.9 Å². The Hall–Kier alpha value is -1.10. The highest BCUT2D eigenvalue weighted by Gasteiger charge is 2.40. The fraction of sp³-hybridized carbons (Fsp3) is 0.857. The molecule has 1 aliphatic carbocycles. The molecule has 0 aromatic heterocycles. The third kappa shape index (κ3) is 3.69. The Morgan fingerprint density at radius 3 is 2.42 bits per heavy atom. The Kier molecular flexibility index (Phi) is 4.13. The van der Waals surface area contributed by atoms with Crippen molar-refractivity contribution in [2.24, 2.45) is 5.41 Å². The summed E-state index contributed by atoms with van der Waals surface area (Å²) in [5, 5.41) is 12.1. The summed E-state index contributed by atoms with van der Waals surface area (Å²) in [5.74, 6) is -0.832. The Balaban J connectivity index is 1.93. The van der Waals surface area contributed by atoms with E-state index in [0.29, 0.717) is 19.6 Å². The largest absolute Gasteiger partial charge is 0.481 e. The molecule has 0 aromatic rings. The Labute approximate surface area is 113 Å². The first kappa shape index (κ1) is 14.3. The summed E-state index contributed by atoms with van der Waals surface area (Å²) in [6, 6.07) is 0. The minimum Gasteiger partial charge on any atom is -0.481 e. The third-order valence-corrected chi connectivity index (χ3v) is 4.39. The Bertz CT molecular complexity index is 354. The fourth-order valence-electron chi connectivity index (χ4n) is 3.35. The lowest BCUT2D eigenvalue weighted by Gasteiger charge is -2.30. The van der Waals surface area contributed by atoms with Crippen LogP contribution in [0, 0.1) is 5.41 Å². The minimum absolute atomic E-state index is 0.0313. The highest BCUT2D eigenvalue weighted by molar-refractivity contribution is 5.79. The molecule has 1 heterocycles. The minimum atomic E-state index is -0.801. The van der Waals surface area contributed by atoms with Gasteiger partial charge in [0.2, 0.25) is 5.91 Å². The van der Waals surface area contributed by atoms with Crippen LogP contribution >= 0.6 is 0 Å². The molecule has 0 aromatic carbocycles. The number of ether oxygens (including phenoxy) is 1. The quantitative estimate of drug-likeness (QED) is 0.796. The number of carboxylic acids is 1. The molecular formula is C14H23NO4. The van der Waals surface area contributed by atoms with Crippen LogP contribution in [0.25, 0.3) is 0 Å². The number of hydrogen-bond donors (Lipinski definition) is 2. The number of amides is 1. The van der Waals surface area contributed by atoms with Crippen molar-refractivity contribution in [2.45, 2.75) is 57.4 Å². The molecule has 1 unspecified atom stereocenters. The van der Waals surface area contributed by atoms with E-state index in [1.54, 1.807) is 0 Å². The van der Waals surface area contributed by atoms with E-state index in [4.69, 9.17) is 9.84 Å². The van der Waals surface area contributed by atoms with Gasteiger partial charge < -0.3 is 15.2 Å². The maximum atomic E-state index is 12.2. The van der Waals surface area contributed by atoms with E-state index in [2.05, 4.69) is 5.32 Å². The molecule has 2 fully saturated rings. The first-order valence-electron chi connectivity index (χ1n) is 7.04. The second-order valence-corrected chi connectivity index (χ2v) is 6.37. The maximum absolute atomic E-state index is 12.2. The molecule has 19 heavy (non-hydrogen) atoms. The Morgan fingerprint density at radius 1 is 1.21 bits per heavy atom. The van der Waals surface area contributed by atoms with Crippen molar-refractivity contribution in [3.8, 4) is 0 Å². The molecule has 2 rings (SSSR count). The van der Waals surface area contributed by atoms with Gasteiger partial charge in [-0.25, -0.2) is 0 Å². The maximum Gasteiger partial charge on any atom is 0.303 e. The zero-order chi connectivity index (χ0) is 13.9. The van der Waals surface area contributed by atoms with Gasteiger partial charge in [-0.2, -0.15) is 0 Å². The topological polar surface area (TPSA) is 75.6 Å². The van der Waals surface area contributed by atoms with Gasteiger partial charge in [-0.3, -0.25) is 9.59 Å². The number of carboxylic acid groups (broad SMARTS) is 1. The number of hydrogen-bond acceptors (Lipinski definition) is 3. The van der Waals surface area contributed by atoms with E-state index in [9.17, 15) is 9.59 Å². The first-order chi connectivity index (χ1) is 8.93. The number of nitrogens with one attached hydrogen (secondary N) is 1. The van der Waals surface area contributed by atoms with Crippen molar-refractivity contribution in [1.82, 2.24) is 5.32 Å². The van der Waals surface area contributed by atoms with Gasteiger partial charge in [-0.05, 0) is 31.6 Å². The summed E-state index contributed by atoms with van der Waals surface area (Å²) in [6.07, 6.45) is 5.01. The van der Waals surface area contributed by atoms with Gasteiger partial charge in [0.05, 0.1) is 18.6 Å². The first-order valence-corrected chi connectivity index (χ1v) is 7.04. The van der Waals surface area contributed by atoms with Crippen molar-refractivity contribution < 1.29 is 19.4 Å². The lowest BCUT2D eigenvalue weighted by molar-refractivity contribution is -0.140. The molecule has 1 amide bonds. The van der Waals surface area contributed by atoms with Gasteiger partial charge in [0.25, 0.3) is 0 Å². The Morgan fingerprint density at radius 2 is 1.89 bits per heavy atom. The highest BCUT2D eigenvalue weighted by atomic mass is 16.5. The van der Waals surface area contributed by atoms with E-state index < -0.39 is 5.97 Å². The average molecular weight is 269 g/mol. The smallest absolute Gasteiger partial charge is 0.303 e. The lowest BCUT2D eigenvalue weighted by atomic mass is 9.79. The van der Waals surface area contributed by atoms with Gasteiger partial charge in [-0.15, -0.1) is 0 Å². The second-order valence-electron chi connectivity index (χ2n) is 6.37. The average Bonchev–Trinajstić information content (AvgIpc) is 2.87. The molecular weight excluding hydrogens is 246 g/mol. The summed E-state index contributed by atoms with van der Waals surface area (Å²) in [5.41, 5.74) is -0.605. The van der Waals surface area contributed by atoms with Gasteiger partial charge in [-0.1, -0.05) is 12.8 Å². The highest BCUT2D eigenvalue weighted by Crippen LogP contribution is 2.44. The lowest BCUT2D eigenvalue weighted by Crippen LogP contribution is -2.47. The summed E-state index contributed by atoms with van der Waals surface area (Å²) < 4.78 is 5.31. The van der Waals surface area contributed by atoms with Gasteiger partial charge >= 0.3 is 5.97 Å². The molecule has 0 bridgehead atoms. The van der Waals surface area contributed by atoms with Crippen LogP contribution in [0.3, 0.4) is 0 Å². The summed E-state index contributed by atoms with van der Waals surface area (Å²) in [7, 11) is 0. The van der Waals surface area contributed by atoms with Crippen LogP contribution in [0.1, 0.15) is 51.9 Å². The molecule has 2 aliphatic rings. The van der Waals surface area contributed by atoms with E-state index in [1.165, 1.54) is 0 Å². The third-order valence-electron chi connectivity index (χ3n) is 4.39. The van der Waals surface area contributed by atoms with E-state index >= 15 is 0 Å². The van der Waals surface area contributed by atoms with Crippen LogP contribution in [0.5, 0.6) is 0 Å². The van der Waals surface area contributed by atoms with Gasteiger partial charge in [0.15, 0.2) is 0 Å². The fourth-order valence-corrected chi connectivity index (χ4v) is 3.35.